The van der Waals surface area contributed by atoms with Crippen molar-refractivity contribution in [2.45, 2.75) is 37.4 Å². The maximum absolute atomic E-state index is 13.2. The van der Waals surface area contributed by atoms with E-state index in [0.29, 0.717) is 17.0 Å². The molecule has 0 fully saturated rings. The number of hydrogen-bond donors (Lipinski definition) is 8. The zero-order valence-corrected chi connectivity index (χ0v) is 19.7. The maximum Gasteiger partial charge on any atom is 0.326 e. The van der Waals surface area contributed by atoms with Crippen molar-refractivity contribution in [3.63, 3.8) is 0 Å². The van der Waals surface area contributed by atoms with Crippen LogP contribution >= 0.6 is 0 Å². The minimum Gasteiger partial charge on any atom is -0.508 e. The van der Waals surface area contributed by atoms with Crippen molar-refractivity contribution < 1.29 is 29.4 Å². The predicted octanol–water partition coefficient (Wildman–Crippen LogP) is -1.64. The Morgan fingerprint density at radius 2 is 1.32 bits per heavy atom. The number of carboxylic acid groups (broad SMARTS) is 1. The summed E-state index contributed by atoms with van der Waals surface area (Å²) in [6.07, 6.45) is 5.68. The number of aliphatic carboxylic acids is 1. The lowest BCUT2D eigenvalue weighted by atomic mass is 10.0. The van der Waals surface area contributed by atoms with Gasteiger partial charge in [-0.2, -0.15) is 0 Å². The van der Waals surface area contributed by atoms with Crippen LogP contribution in [0.3, 0.4) is 0 Å². The van der Waals surface area contributed by atoms with Crippen LogP contribution in [0.1, 0.15) is 17.0 Å². The van der Waals surface area contributed by atoms with E-state index in [0.717, 1.165) is 0 Å². The third-order valence-corrected chi connectivity index (χ3v) is 5.42. The molecule has 2 aromatic heterocycles. The molecule has 3 atom stereocenters. The third-order valence-electron chi connectivity index (χ3n) is 5.42. The van der Waals surface area contributed by atoms with Crippen LogP contribution in [-0.4, -0.2) is 78.5 Å². The number of H-pyrrole nitrogens is 2. The Balaban J connectivity index is 1.78. The Kier molecular flexibility index (Phi) is 9.32. The van der Waals surface area contributed by atoms with Crippen molar-refractivity contribution in [3.8, 4) is 5.75 Å². The van der Waals surface area contributed by atoms with Crippen molar-refractivity contribution in [1.82, 2.24) is 35.9 Å². The van der Waals surface area contributed by atoms with Gasteiger partial charge in [-0.25, -0.2) is 14.8 Å². The summed E-state index contributed by atoms with van der Waals surface area (Å²) in [5.74, 6) is -3.25. The number of rotatable bonds is 13. The van der Waals surface area contributed by atoms with Gasteiger partial charge >= 0.3 is 5.97 Å². The molecular formula is C23H28N8O6. The van der Waals surface area contributed by atoms with E-state index in [-0.39, 0.29) is 31.6 Å². The van der Waals surface area contributed by atoms with Gasteiger partial charge in [-0.15, -0.1) is 0 Å². The first kappa shape index (κ1) is 26.9. The summed E-state index contributed by atoms with van der Waals surface area (Å²) in [4.78, 5) is 63.5. The number of aromatic amines is 2. The minimum absolute atomic E-state index is 0.0231. The van der Waals surface area contributed by atoms with Gasteiger partial charge in [-0.3, -0.25) is 14.4 Å². The first-order chi connectivity index (χ1) is 17.7. The fourth-order valence-electron chi connectivity index (χ4n) is 3.52. The zero-order valence-electron chi connectivity index (χ0n) is 19.7. The summed E-state index contributed by atoms with van der Waals surface area (Å²) in [6.45, 7) is -0.356. The van der Waals surface area contributed by atoms with E-state index in [9.17, 15) is 29.4 Å². The zero-order chi connectivity index (χ0) is 26.8. The molecule has 0 saturated carbocycles. The molecule has 2 heterocycles. The average molecular weight is 513 g/mol. The molecular weight excluding hydrogens is 484 g/mol. The highest BCUT2D eigenvalue weighted by Gasteiger charge is 2.30. The molecule has 0 bridgehead atoms. The number of nitrogens with one attached hydrogen (secondary N) is 5. The van der Waals surface area contributed by atoms with Gasteiger partial charge in [0.05, 0.1) is 19.2 Å². The molecule has 0 aliphatic carbocycles. The Morgan fingerprint density at radius 3 is 1.81 bits per heavy atom. The summed E-state index contributed by atoms with van der Waals surface area (Å²) in [7, 11) is 0. The number of benzene rings is 1. The molecule has 3 rings (SSSR count). The fraction of sp³-hybridized carbons (Fsp3) is 0.304. The van der Waals surface area contributed by atoms with E-state index >= 15 is 0 Å². The van der Waals surface area contributed by atoms with Crippen LogP contribution in [0.4, 0.5) is 0 Å². The van der Waals surface area contributed by atoms with Crippen molar-refractivity contribution in [2.75, 3.05) is 6.54 Å². The van der Waals surface area contributed by atoms with Crippen LogP contribution in [0.25, 0.3) is 0 Å². The molecule has 0 aliphatic rings. The maximum atomic E-state index is 13.2. The van der Waals surface area contributed by atoms with E-state index in [1.54, 1.807) is 12.1 Å². The first-order valence-electron chi connectivity index (χ1n) is 11.3. The molecule has 14 heteroatoms. The highest BCUT2D eigenvalue weighted by atomic mass is 16.4. The van der Waals surface area contributed by atoms with Crippen molar-refractivity contribution in [2.24, 2.45) is 5.73 Å². The summed E-state index contributed by atoms with van der Waals surface area (Å²) in [5.41, 5.74) is 7.05. The minimum atomic E-state index is -1.29. The van der Waals surface area contributed by atoms with Gasteiger partial charge in [-0.1, -0.05) is 12.1 Å². The van der Waals surface area contributed by atoms with Crippen LogP contribution in [0, 0.1) is 0 Å². The predicted molar refractivity (Wildman–Crippen MR) is 129 cm³/mol. The van der Waals surface area contributed by atoms with Crippen molar-refractivity contribution >= 4 is 23.7 Å². The number of carboxylic acids is 1. The monoisotopic (exact) mass is 512 g/mol. The number of amides is 3. The molecule has 1 aromatic carbocycles. The number of aromatic hydroxyl groups is 1. The average Bonchev–Trinajstić information content (AvgIpc) is 3.58. The van der Waals surface area contributed by atoms with E-state index in [2.05, 4.69) is 35.9 Å². The van der Waals surface area contributed by atoms with Gasteiger partial charge in [0.25, 0.3) is 0 Å². The van der Waals surface area contributed by atoms with E-state index in [1.165, 1.54) is 37.2 Å². The molecule has 37 heavy (non-hydrogen) atoms. The van der Waals surface area contributed by atoms with E-state index in [4.69, 9.17) is 5.73 Å². The van der Waals surface area contributed by atoms with Crippen LogP contribution in [0.2, 0.25) is 0 Å². The normalized spacial score (nSPS) is 13.2. The van der Waals surface area contributed by atoms with Crippen LogP contribution in [0.15, 0.2) is 49.3 Å². The van der Waals surface area contributed by atoms with Crippen LogP contribution < -0.4 is 21.7 Å². The van der Waals surface area contributed by atoms with Gasteiger partial charge in [0.15, 0.2) is 0 Å². The van der Waals surface area contributed by atoms with Crippen LogP contribution in [0.5, 0.6) is 5.75 Å². The Bertz CT molecular complexity index is 1180. The van der Waals surface area contributed by atoms with E-state index in [1.807, 2.05) is 0 Å². The molecule has 196 valence electrons. The largest absolute Gasteiger partial charge is 0.508 e. The molecule has 0 saturated heterocycles. The number of phenols is 1. The van der Waals surface area contributed by atoms with E-state index < -0.39 is 41.8 Å². The fourth-order valence-corrected chi connectivity index (χ4v) is 3.52. The van der Waals surface area contributed by atoms with Gasteiger partial charge < -0.3 is 41.9 Å². The van der Waals surface area contributed by atoms with Gasteiger partial charge in [-0.05, 0) is 17.7 Å². The number of nitrogens with two attached hydrogens (primary N) is 1. The van der Waals surface area contributed by atoms with Crippen LogP contribution in [-0.2, 0) is 38.4 Å². The number of carbonyl (C=O) groups is 4. The summed E-state index contributed by atoms with van der Waals surface area (Å²) < 4.78 is 0. The lowest BCUT2D eigenvalue weighted by Gasteiger charge is -2.24. The first-order valence-corrected chi connectivity index (χ1v) is 11.3. The molecule has 3 aromatic rings. The molecule has 14 nitrogen and oxygen atoms in total. The second-order valence-electron chi connectivity index (χ2n) is 8.22. The standard InChI is InChI=1S/C23H28N8O6/c24-8-20(33)29-17(5-13-1-3-16(32)4-2-13)21(34)30-18(6-14-9-25-11-27-14)22(35)31-19(23(36)37)7-15-10-26-12-28-15/h1-4,9-12,17-19,32H,5-8,24H2,(H,25,27)(H,26,28)(H,29,33)(H,30,34)(H,31,35)(H,36,37). The van der Waals surface area contributed by atoms with Crippen molar-refractivity contribution in [3.05, 3.63) is 66.3 Å². The number of carbonyl (C=O) groups excluding carboxylic acids is 3. The van der Waals surface area contributed by atoms with Gasteiger partial charge in [0.2, 0.25) is 17.7 Å². The molecule has 0 spiro atoms. The second-order valence-corrected chi connectivity index (χ2v) is 8.22. The summed E-state index contributed by atoms with van der Waals surface area (Å²) in [6, 6.07) is 2.47. The SMILES string of the molecule is NCC(=O)NC(Cc1ccc(O)cc1)C(=O)NC(Cc1cnc[nH]1)C(=O)NC(Cc1cnc[nH]1)C(=O)O. The Labute approximate surface area is 211 Å². The summed E-state index contributed by atoms with van der Waals surface area (Å²) in [5, 5.41) is 26.7. The second kappa shape index (κ2) is 12.8. The molecule has 0 radical (unpaired) electrons. The number of phenolic OH excluding ortho intramolecular Hbond substituents is 1. The smallest absolute Gasteiger partial charge is 0.326 e. The number of nitrogens with zero attached hydrogens (tertiary/aromatic N) is 2. The van der Waals surface area contributed by atoms with Crippen molar-refractivity contribution in [1.29, 1.82) is 0 Å². The van der Waals surface area contributed by atoms with Gasteiger partial charge in [0, 0.05) is 43.0 Å². The third kappa shape index (κ3) is 8.17. The molecule has 0 aliphatic heterocycles. The highest BCUT2D eigenvalue weighted by molar-refractivity contribution is 5.94. The molecule has 3 unspecified atom stereocenters. The topological polar surface area (TPSA) is 228 Å². The summed E-state index contributed by atoms with van der Waals surface area (Å²) >= 11 is 0. The van der Waals surface area contributed by atoms with Gasteiger partial charge in [0.1, 0.15) is 23.9 Å². The lowest BCUT2D eigenvalue weighted by molar-refractivity contribution is -0.142. The Hall–Kier alpha value is -4.72. The molecule has 3 amide bonds. The lowest BCUT2D eigenvalue weighted by Crippen LogP contribution is -2.57. The number of aromatic nitrogens is 4. The number of imidazole rings is 2. The number of hydrogen-bond acceptors (Lipinski definition) is 8. The quantitative estimate of drug-likeness (QED) is 0.131. The molecule has 9 N–H and O–H groups in total. The Morgan fingerprint density at radius 1 is 0.811 bits per heavy atom. The highest BCUT2D eigenvalue weighted by Crippen LogP contribution is 2.12.